The molecule has 0 bridgehead atoms. The van der Waals surface area contributed by atoms with Crippen molar-refractivity contribution in [2.24, 2.45) is 0 Å². The lowest BCUT2D eigenvalue weighted by atomic mass is 10.2. The van der Waals surface area contributed by atoms with Crippen molar-refractivity contribution in [1.29, 1.82) is 0 Å². The van der Waals surface area contributed by atoms with Crippen molar-refractivity contribution >= 4 is 5.91 Å². The van der Waals surface area contributed by atoms with Gasteiger partial charge < -0.3 is 5.32 Å². The summed E-state index contributed by atoms with van der Waals surface area (Å²) in [6.07, 6.45) is -2.78. The van der Waals surface area contributed by atoms with Gasteiger partial charge in [-0.15, -0.1) is 0 Å². The molecule has 1 amide bonds. The van der Waals surface area contributed by atoms with Crippen molar-refractivity contribution in [3.63, 3.8) is 0 Å². The van der Waals surface area contributed by atoms with Crippen LogP contribution in [0.1, 0.15) is 27.3 Å². The van der Waals surface area contributed by atoms with Crippen LogP contribution in [-0.4, -0.2) is 31.8 Å². The standard InChI is InChI=1S/C25H19F4N5O3/c26-18-9-7-16(8-10-18)15-33-23(36)21(22(35)31-13-11-19-5-1-2-12-30-19)32-34(24(33)37)20-6-3-4-17(14-20)25(27,28)29/h1-10,12,14H,11,13,15H2,(H,31,35). The highest BCUT2D eigenvalue weighted by Gasteiger charge is 2.31. The topological polar surface area (TPSA) is 98.9 Å². The molecule has 8 nitrogen and oxygen atoms in total. The van der Waals surface area contributed by atoms with Crippen molar-refractivity contribution in [3.05, 3.63) is 122 Å². The highest BCUT2D eigenvalue weighted by molar-refractivity contribution is 5.91. The minimum atomic E-state index is -4.70. The van der Waals surface area contributed by atoms with E-state index in [0.717, 1.165) is 24.3 Å². The summed E-state index contributed by atoms with van der Waals surface area (Å²) < 4.78 is 54.4. The molecule has 0 aliphatic heterocycles. The van der Waals surface area contributed by atoms with Gasteiger partial charge in [-0.25, -0.2) is 9.18 Å². The fraction of sp³-hybridized carbons (Fsp3) is 0.160. The molecule has 4 rings (SSSR count). The molecule has 12 heteroatoms. The van der Waals surface area contributed by atoms with Gasteiger partial charge in [-0.3, -0.25) is 19.1 Å². The van der Waals surface area contributed by atoms with E-state index < -0.39 is 40.4 Å². The Morgan fingerprint density at radius 3 is 2.41 bits per heavy atom. The Bertz CT molecular complexity index is 1530. The average Bonchev–Trinajstić information content (AvgIpc) is 2.88. The lowest BCUT2D eigenvalue weighted by Gasteiger charge is -2.14. The fourth-order valence-corrected chi connectivity index (χ4v) is 3.48. The van der Waals surface area contributed by atoms with E-state index in [-0.39, 0.29) is 18.8 Å². The second-order valence-corrected chi connectivity index (χ2v) is 7.94. The van der Waals surface area contributed by atoms with E-state index in [1.165, 1.54) is 18.2 Å². The highest BCUT2D eigenvalue weighted by Crippen LogP contribution is 2.29. The fourth-order valence-electron chi connectivity index (χ4n) is 3.48. The van der Waals surface area contributed by atoms with Crippen LogP contribution in [0.15, 0.2) is 82.5 Å². The summed E-state index contributed by atoms with van der Waals surface area (Å²) in [5.74, 6) is -1.46. The number of alkyl halides is 3. The highest BCUT2D eigenvalue weighted by atomic mass is 19.4. The number of halogens is 4. The summed E-state index contributed by atoms with van der Waals surface area (Å²) in [6.45, 7) is -0.286. The summed E-state index contributed by atoms with van der Waals surface area (Å²) in [5, 5.41) is 6.34. The maximum absolute atomic E-state index is 13.3. The number of rotatable bonds is 7. The van der Waals surface area contributed by atoms with E-state index in [4.69, 9.17) is 0 Å². The Kier molecular flexibility index (Phi) is 7.27. The summed E-state index contributed by atoms with van der Waals surface area (Å²) in [7, 11) is 0. The summed E-state index contributed by atoms with van der Waals surface area (Å²) in [6, 6.07) is 13.9. The Morgan fingerprint density at radius 1 is 0.973 bits per heavy atom. The first-order valence-corrected chi connectivity index (χ1v) is 11.0. The number of hydrogen-bond donors (Lipinski definition) is 1. The second kappa shape index (κ2) is 10.6. The quantitative estimate of drug-likeness (QED) is 0.383. The minimum absolute atomic E-state index is 0.0810. The first kappa shape index (κ1) is 25.5. The number of pyridine rings is 1. The smallest absolute Gasteiger partial charge is 0.350 e. The van der Waals surface area contributed by atoms with Crippen LogP contribution >= 0.6 is 0 Å². The molecule has 0 saturated carbocycles. The van der Waals surface area contributed by atoms with Gasteiger partial charge in [0.05, 0.1) is 17.8 Å². The molecule has 37 heavy (non-hydrogen) atoms. The lowest BCUT2D eigenvalue weighted by molar-refractivity contribution is -0.137. The molecular formula is C25H19F4N5O3. The van der Waals surface area contributed by atoms with Crippen LogP contribution in [0.2, 0.25) is 0 Å². The molecule has 2 aromatic carbocycles. The molecule has 2 aromatic heterocycles. The summed E-state index contributed by atoms with van der Waals surface area (Å²) in [5.41, 5.74) is -3.12. The van der Waals surface area contributed by atoms with Crippen molar-refractivity contribution in [2.75, 3.05) is 6.54 Å². The minimum Gasteiger partial charge on any atom is -0.350 e. The average molecular weight is 513 g/mol. The zero-order valence-corrected chi connectivity index (χ0v) is 19.1. The predicted molar refractivity (Wildman–Crippen MR) is 125 cm³/mol. The number of benzene rings is 2. The van der Waals surface area contributed by atoms with Crippen molar-refractivity contribution in [1.82, 2.24) is 24.6 Å². The number of nitrogens with one attached hydrogen (secondary N) is 1. The van der Waals surface area contributed by atoms with Gasteiger partial charge in [0.2, 0.25) is 5.69 Å². The zero-order valence-electron chi connectivity index (χ0n) is 19.1. The molecule has 0 aliphatic carbocycles. The maximum atomic E-state index is 13.3. The van der Waals surface area contributed by atoms with Crippen LogP contribution in [0, 0.1) is 5.82 Å². The van der Waals surface area contributed by atoms with Gasteiger partial charge >= 0.3 is 11.9 Å². The second-order valence-electron chi connectivity index (χ2n) is 7.94. The molecule has 0 atom stereocenters. The number of nitrogens with zero attached hydrogens (tertiary/aromatic N) is 4. The summed E-state index contributed by atoms with van der Waals surface area (Å²) >= 11 is 0. The number of amides is 1. The van der Waals surface area contributed by atoms with Gasteiger partial charge in [0, 0.05) is 24.9 Å². The van der Waals surface area contributed by atoms with Crippen LogP contribution in [0.25, 0.3) is 5.69 Å². The Labute approximate surface area is 206 Å². The van der Waals surface area contributed by atoms with E-state index in [1.54, 1.807) is 24.4 Å². The molecule has 0 fully saturated rings. The van der Waals surface area contributed by atoms with Gasteiger partial charge in [0.1, 0.15) is 5.82 Å². The molecule has 1 N–H and O–H groups in total. The number of carbonyl (C=O) groups excluding carboxylic acids is 1. The predicted octanol–water partition coefficient (Wildman–Crippen LogP) is 2.97. The number of hydrogen-bond acceptors (Lipinski definition) is 5. The van der Waals surface area contributed by atoms with E-state index in [2.05, 4.69) is 15.4 Å². The third-order valence-electron chi connectivity index (χ3n) is 5.34. The van der Waals surface area contributed by atoms with Gasteiger partial charge in [-0.2, -0.15) is 23.0 Å². The Hall–Kier alpha value is -4.61. The van der Waals surface area contributed by atoms with Gasteiger partial charge in [0.15, 0.2) is 0 Å². The van der Waals surface area contributed by atoms with Crippen molar-refractivity contribution < 1.29 is 22.4 Å². The monoisotopic (exact) mass is 513 g/mol. The Morgan fingerprint density at radius 2 is 1.73 bits per heavy atom. The number of carbonyl (C=O) groups is 1. The van der Waals surface area contributed by atoms with Gasteiger partial charge in [0.25, 0.3) is 11.5 Å². The molecule has 0 spiro atoms. The molecule has 0 unspecified atom stereocenters. The van der Waals surface area contributed by atoms with Crippen LogP contribution in [0.4, 0.5) is 17.6 Å². The van der Waals surface area contributed by atoms with E-state index in [1.807, 2.05) is 0 Å². The number of aromatic nitrogens is 4. The van der Waals surface area contributed by atoms with E-state index >= 15 is 0 Å². The third-order valence-corrected chi connectivity index (χ3v) is 5.34. The maximum Gasteiger partial charge on any atom is 0.416 e. The van der Waals surface area contributed by atoms with Crippen LogP contribution in [-0.2, 0) is 19.1 Å². The lowest BCUT2D eigenvalue weighted by Crippen LogP contribution is -2.46. The molecule has 190 valence electrons. The van der Waals surface area contributed by atoms with Crippen molar-refractivity contribution in [3.8, 4) is 5.69 Å². The van der Waals surface area contributed by atoms with Crippen LogP contribution < -0.4 is 16.6 Å². The van der Waals surface area contributed by atoms with Gasteiger partial charge in [-0.05, 0) is 48.0 Å². The van der Waals surface area contributed by atoms with Crippen LogP contribution in [0.5, 0.6) is 0 Å². The van der Waals surface area contributed by atoms with Gasteiger partial charge in [-0.1, -0.05) is 24.3 Å². The molecule has 2 heterocycles. The molecule has 0 radical (unpaired) electrons. The first-order chi connectivity index (χ1) is 17.6. The third kappa shape index (κ3) is 5.97. The Balaban J connectivity index is 1.75. The van der Waals surface area contributed by atoms with Crippen LogP contribution in [0.3, 0.4) is 0 Å². The first-order valence-electron chi connectivity index (χ1n) is 11.0. The molecule has 4 aromatic rings. The molecule has 0 aliphatic rings. The molecular weight excluding hydrogens is 494 g/mol. The zero-order chi connectivity index (χ0) is 26.6. The summed E-state index contributed by atoms with van der Waals surface area (Å²) in [4.78, 5) is 43.3. The van der Waals surface area contributed by atoms with Crippen molar-refractivity contribution in [2.45, 2.75) is 19.1 Å². The largest absolute Gasteiger partial charge is 0.416 e. The van der Waals surface area contributed by atoms with E-state index in [0.29, 0.717) is 33.0 Å². The SMILES string of the molecule is O=C(NCCc1ccccn1)c1nn(-c2cccc(C(F)(F)F)c2)c(=O)n(Cc2ccc(F)cc2)c1=O. The normalized spacial score (nSPS) is 11.4. The van der Waals surface area contributed by atoms with E-state index in [9.17, 15) is 31.9 Å². The molecule has 0 saturated heterocycles.